The maximum absolute atomic E-state index is 5.39. The molecular formula is C18H29N3O2. The van der Waals surface area contributed by atoms with Crippen LogP contribution in [0.4, 0.5) is 0 Å². The molecule has 23 heavy (non-hydrogen) atoms. The summed E-state index contributed by atoms with van der Waals surface area (Å²) in [5, 5.41) is 7.13. The Bertz CT molecular complexity index is 486. The van der Waals surface area contributed by atoms with Gasteiger partial charge in [-0.15, -0.1) is 0 Å². The van der Waals surface area contributed by atoms with Gasteiger partial charge in [0.05, 0.1) is 6.26 Å². The van der Waals surface area contributed by atoms with Crippen LogP contribution in [0.2, 0.25) is 0 Å². The zero-order chi connectivity index (χ0) is 15.9. The smallest absolute Gasteiger partial charge is 0.191 e. The van der Waals surface area contributed by atoms with E-state index in [9.17, 15) is 0 Å². The zero-order valence-electron chi connectivity index (χ0n) is 14.1. The minimum Gasteiger partial charge on any atom is -0.469 e. The van der Waals surface area contributed by atoms with E-state index >= 15 is 0 Å². The fraction of sp³-hybridized carbons (Fsp3) is 0.722. The Balaban J connectivity index is 1.48. The fourth-order valence-corrected chi connectivity index (χ4v) is 3.91. The van der Waals surface area contributed by atoms with Crippen LogP contribution in [-0.2, 0) is 11.2 Å². The Labute approximate surface area is 138 Å². The van der Waals surface area contributed by atoms with E-state index < -0.39 is 0 Å². The Morgan fingerprint density at radius 2 is 2.35 bits per heavy atom. The van der Waals surface area contributed by atoms with Gasteiger partial charge < -0.3 is 19.8 Å². The van der Waals surface area contributed by atoms with Crippen LogP contribution in [0.3, 0.4) is 0 Å². The molecule has 2 aliphatic rings. The van der Waals surface area contributed by atoms with Gasteiger partial charge in [0.1, 0.15) is 5.76 Å². The first-order valence-electron chi connectivity index (χ1n) is 8.91. The maximum atomic E-state index is 5.39. The van der Waals surface area contributed by atoms with Crippen LogP contribution in [0.25, 0.3) is 0 Å². The summed E-state index contributed by atoms with van der Waals surface area (Å²) in [6.45, 7) is 2.40. The Morgan fingerprint density at radius 1 is 1.39 bits per heavy atom. The molecule has 1 heterocycles. The summed E-state index contributed by atoms with van der Waals surface area (Å²) in [4.78, 5) is 4.71. The summed E-state index contributed by atoms with van der Waals surface area (Å²) >= 11 is 0. The second-order valence-corrected chi connectivity index (χ2v) is 6.76. The molecule has 1 aromatic heterocycles. The van der Waals surface area contributed by atoms with Gasteiger partial charge in [-0.25, -0.2) is 0 Å². The highest BCUT2D eigenvalue weighted by atomic mass is 16.5. The van der Waals surface area contributed by atoms with Crippen LogP contribution in [0, 0.1) is 11.8 Å². The van der Waals surface area contributed by atoms with Crippen molar-refractivity contribution in [2.24, 2.45) is 16.8 Å². The lowest BCUT2D eigenvalue weighted by molar-refractivity contribution is 0.197. The standard InChI is InChI=1S/C18H29N3O2/c1-22-10-3-8-19-18(20-9-7-16-4-2-11-23-16)21-17-13-14-5-6-15(17)12-14/h2,4,11,14-15,17H,3,5-10,12-13H2,1H3,(H2,19,20,21). The van der Waals surface area contributed by atoms with Crippen molar-refractivity contribution in [3.63, 3.8) is 0 Å². The Morgan fingerprint density at radius 3 is 3.04 bits per heavy atom. The van der Waals surface area contributed by atoms with Crippen LogP contribution < -0.4 is 10.6 Å². The first-order chi connectivity index (χ1) is 11.3. The summed E-state index contributed by atoms with van der Waals surface area (Å²) in [7, 11) is 1.74. The molecule has 2 fully saturated rings. The quantitative estimate of drug-likeness (QED) is 0.439. The molecule has 2 aliphatic carbocycles. The van der Waals surface area contributed by atoms with Gasteiger partial charge in [-0.3, -0.25) is 4.99 Å². The number of aliphatic imine (C=N–C) groups is 1. The summed E-state index contributed by atoms with van der Waals surface area (Å²) in [5.74, 6) is 3.74. The monoisotopic (exact) mass is 319 g/mol. The Hall–Kier alpha value is -1.49. The van der Waals surface area contributed by atoms with Crippen LogP contribution in [0.5, 0.6) is 0 Å². The largest absolute Gasteiger partial charge is 0.469 e. The molecule has 3 unspecified atom stereocenters. The summed E-state index contributed by atoms with van der Waals surface area (Å²) in [6, 6.07) is 4.55. The van der Waals surface area contributed by atoms with E-state index in [-0.39, 0.29) is 0 Å². The van der Waals surface area contributed by atoms with Crippen molar-refractivity contribution in [1.29, 1.82) is 0 Å². The van der Waals surface area contributed by atoms with Gasteiger partial charge in [0.15, 0.2) is 5.96 Å². The highest BCUT2D eigenvalue weighted by Crippen LogP contribution is 2.44. The van der Waals surface area contributed by atoms with Gasteiger partial charge in [0.2, 0.25) is 0 Å². The van der Waals surface area contributed by atoms with Crippen molar-refractivity contribution >= 4 is 5.96 Å². The van der Waals surface area contributed by atoms with E-state index in [1.807, 2.05) is 12.1 Å². The van der Waals surface area contributed by atoms with Crippen LogP contribution >= 0.6 is 0 Å². The van der Waals surface area contributed by atoms with Crippen molar-refractivity contribution in [3.8, 4) is 0 Å². The third kappa shape index (κ3) is 4.74. The average Bonchev–Trinajstić information content (AvgIpc) is 3.29. The number of ether oxygens (including phenoxy) is 1. The number of guanidine groups is 1. The van der Waals surface area contributed by atoms with Gasteiger partial charge in [-0.05, 0) is 49.7 Å². The SMILES string of the molecule is COCCCN=C(NCCc1ccco1)NC1CC2CCC1C2. The first kappa shape index (κ1) is 16.4. The lowest BCUT2D eigenvalue weighted by Crippen LogP contribution is -2.46. The van der Waals surface area contributed by atoms with Gasteiger partial charge >= 0.3 is 0 Å². The molecule has 2 saturated carbocycles. The van der Waals surface area contributed by atoms with Crippen LogP contribution in [0.15, 0.2) is 27.8 Å². The molecule has 5 nitrogen and oxygen atoms in total. The molecular weight excluding hydrogens is 290 g/mol. The molecule has 128 valence electrons. The topological polar surface area (TPSA) is 58.8 Å². The molecule has 0 saturated heterocycles. The molecule has 1 aromatic rings. The van der Waals surface area contributed by atoms with Crippen LogP contribution in [0.1, 0.15) is 37.9 Å². The predicted molar refractivity (Wildman–Crippen MR) is 91.6 cm³/mol. The number of fused-ring (bicyclic) bond motifs is 2. The van der Waals surface area contributed by atoms with Crippen molar-refractivity contribution in [2.75, 3.05) is 26.8 Å². The van der Waals surface area contributed by atoms with Gasteiger partial charge in [-0.2, -0.15) is 0 Å². The third-order valence-corrected chi connectivity index (χ3v) is 5.08. The molecule has 3 atom stereocenters. The summed E-state index contributed by atoms with van der Waals surface area (Å²) < 4.78 is 10.5. The number of nitrogens with zero attached hydrogens (tertiary/aromatic N) is 1. The normalized spacial score (nSPS) is 26.7. The maximum Gasteiger partial charge on any atom is 0.191 e. The number of nitrogens with one attached hydrogen (secondary N) is 2. The lowest BCUT2D eigenvalue weighted by atomic mass is 9.95. The van der Waals surface area contributed by atoms with E-state index in [1.165, 1.54) is 25.7 Å². The minimum absolute atomic E-state index is 0.603. The summed E-state index contributed by atoms with van der Waals surface area (Å²) in [6.07, 6.45) is 9.08. The van der Waals surface area contributed by atoms with Gasteiger partial charge in [0.25, 0.3) is 0 Å². The minimum atomic E-state index is 0.603. The van der Waals surface area contributed by atoms with Crippen molar-refractivity contribution in [3.05, 3.63) is 24.2 Å². The molecule has 0 amide bonds. The molecule has 2 N–H and O–H groups in total. The third-order valence-electron chi connectivity index (χ3n) is 5.08. The van der Waals surface area contributed by atoms with E-state index in [0.29, 0.717) is 6.04 Å². The number of hydrogen-bond acceptors (Lipinski definition) is 3. The second kappa shape index (κ2) is 8.39. The molecule has 3 rings (SSSR count). The van der Waals surface area contributed by atoms with E-state index in [0.717, 1.165) is 56.1 Å². The number of hydrogen-bond donors (Lipinski definition) is 2. The molecule has 0 aliphatic heterocycles. The van der Waals surface area contributed by atoms with Crippen molar-refractivity contribution in [1.82, 2.24) is 10.6 Å². The highest BCUT2D eigenvalue weighted by molar-refractivity contribution is 5.80. The van der Waals surface area contributed by atoms with Crippen molar-refractivity contribution < 1.29 is 9.15 Å². The highest BCUT2D eigenvalue weighted by Gasteiger charge is 2.39. The van der Waals surface area contributed by atoms with E-state index in [1.54, 1.807) is 13.4 Å². The van der Waals surface area contributed by atoms with Crippen molar-refractivity contribution in [2.45, 2.75) is 44.6 Å². The fourth-order valence-electron chi connectivity index (χ4n) is 3.91. The number of rotatable bonds is 8. The average molecular weight is 319 g/mol. The first-order valence-corrected chi connectivity index (χ1v) is 8.91. The molecule has 5 heteroatoms. The van der Waals surface area contributed by atoms with E-state index in [2.05, 4.69) is 10.6 Å². The van der Waals surface area contributed by atoms with E-state index in [4.69, 9.17) is 14.1 Å². The molecule has 0 radical (unpaired) electrons. The second-order valence-electron chi connectivity index (χ2n) is 6.76. The molecule has 0 spiro atoms. The zero-order valence-corrected chi connectivity index (χ0v) is 14.1. The van der Waals surface area contributed by atoms with Crippen LogP contribution in [-0.4, -0.2) is 38.8 Å². The molecule has 0 aromatic carbocycles. The Kier molecular flexibility index (Phi) is 5.97. The van der Waals surface area contributed by atoms with Gasteiger partial charge in [-0.1, -0.05) is 6.42 Å². The van der Waals surface area contributed by atoms with Gasteiger partial charge in [0, 0.05) is 39.3 Å². The number of methoxy groups -OCH3 is 1. The number of furan rings is 1. The predicted octanol–water partition coefficient (Wildman–Crippen LogP) is 2.58. The molecule has 2 bridgehead atoms. The lowest BCUT2D eigenvalue weighted by Gasteiger charge is -2.25. The summed E-state index contributed by atoms with van der Waals surface area (Å²) in [5.41, 5.74) is 0.